The first-order valence-electron chi connectivity index (χ1n) is 6.04. The molecule has 0 aliphatic carbocycles. The minimum absolute atomic E-state index is 0.0718. The second-order valence-corrected chi connectivity index (χ2v) is 4.69. The summed E-state index contributed by atoms with van der Waals surface area (Å²) in [5.74, 6) is 0.351. The van der Waals surface area contributed by atoms with Gasteiger partial charge in [-0.3, -0.25) is 9.69 Å². The molecule has 1 saturated heterocycles. The van der Waals surface area contributed by atoms with Crippen molar-refractivity contribution in [2.75, 3.05) is 31.5 Å². The molecule has 2 heterocycles. The van der Waals surface area contributed by atoms with Gasteiger partial charge in [-0.25, -0.2) is 4.98 Å². The quantitative estimate of drug-likeness (QED) is 0.858. The number of hydrogen-bond donors (Lipinski definition) is 2. The van der Waals surface area contributed by atoms with Gasteiger partial charge in [0, 0.05) is 32.4 Å². The van der Waals surface area contributed by atoms with Crippen molar-refractivity contribution >= 4 is 23.3 Å². The Morgan fingerprint density at radius 2 is 2.28 bits per heavy atom. The number of nitrogens with zero attached hydrogens (tertiary/aromatic N) is 2. The van der Waals surface area contributed by atoms with Crippen LogP contribution in [0.4, 0.5) is 5.82 Å². The third-order valence-corrected chi connectivity index (χ3v) is 3.38. The van der Waals surface area contributed by atoms with Crippen molar-refractivity contribution in [2.45, 2.75) is 13.0 Å². The van der Waals surface area contributed by atoms with Crippen LogP contribution < -0.4 is 10.6 Å². The third kappa shape index (κ3) is 3.19. The van der Waals surface area contributed by atoms with Gasteiger partial charge in [0.25, 0.3) is 0 Å². The molecule has 0 radical (unpaired) electrons. The first kappa shape index (κ1) is 13.3. The molecule has 1 unspecified atom stereocenters. The molecule has 0 bridgehead atoms. The van der Waals surface area contributed by atoms with E-state index in [1.54, 1.807) is 18.3 Å². The number of hydrogen-bond acceptors (Lipinski definition) is 4. The van der Waals surface area contributed by atoms with Crippen molar-refractivity contribution in [2.24, 2.45) is 0 Å². The van der Waals surface area contributed by atoms with Crippen molar-refractivity contribution in [1.29, 1.82) is 0 Å². The van der Waals surface area contributed by atoms with E-state index in [0.717, 1.165) is 26.2 Å². The molecule has 5 nitrogen and oxygen atoms in total. The number of rotatable bonds is 3. The maximum absolute atomic E-state index is 12.1. The Hall–Kier alpha value is -1.17. The topological polar surface area (TPSA) is 57.3 Å². The lowest BCUT2D eigenvalue weighted by atomic mass is 10.2. The van der Waals surface area contributed by atoms with E-state index in [-0.39, 0.29) is 11.9 Å². The lowest BCUT2D eigenvalue weighted by molar-refractivity contribution is -0.121. The number of amides is 1. The molecular formula is C12H17ClN4O. The summed E-state index contributed by atoms with van der Waals surface area (Å²) in [7, 11) is 0. The average molecular weight is 269 g/mol. The van der Waals surface area contributed by atoms with Crippen molar-refractivity contribution in [3.8, 4) is 0 Å². The molecular weight excluding hydrogens is 252 g/mol. The average Bonchev–Trinajstić information content (AvgIpc) is 2.41. The second kappa shape index (κ2) is 6.13. The number of anilines is 1. The molecule has 6 heteroatoms. The van der Waals surface area contributed by atoms with Gasteiger partial charge in [-0.2, -0.15) is 0 Å². The largest absolute Gasteiger partial charge is 0.314 e. The van der Waals surface area contributed by atoms with Crippen LogP contribution in [0.3, 0.4) is 0 Å². The van der Waals surface area contributed by atoms with E-state index in [1.165, 1.54) is 0 Å². The molecule has 18 heavy (non-hydrogen) atoms. The van der Waals surface area contributed by atoms with Crippen LogP contribution >= 0.6 is 11.6 Å². The van der Waals surface area contributed by atoms with Crippen molar-refractivity contribution in [1.82, 2.24) is 15.2 Å². The van der Waals surface area contributed by atoms with E-state index in [2.05, 4.69) is 20.5 Å². The van der Waals surface area contributed by atoms with E-state index in [9.17, 15) is 4.79 Å². The molecule has 1 aromatic rings. The SMILES string of the molecule is CC(C(=O)Nc1ncccc1Cl)N1CCNCC1. The summed E-state index contributed by atoms with van der Waals surface area (Å²) in [5.41, 5.74) is 0. The number of pyridine rings is 1. The van der Waals surface area contributed by atoms with Crippen LogP contribution in [-0.2, 0) is 4.79 Å². The first-order chi connectivity index (χ1) is 8.68. The van der Waals surface area contributed by atoms with Gasteiger partial charge in [0.15, 0.2) is 5.82 Å². The van der Waals surface area contributed by atoms with Gasteiger partial charge in [0.1, 0.15) is 0 Å². The Labute approximate surface area is 112 Å². The minimum atomic E-state index is -0.176. The van der Waals surface area contributed by atoms with Gasteiger partial charge in [-0.1, -0.05) is 11.6 Å². The van der Waals surface area contributed by atoms with Crippen molar-refractivity contribution in [3.05, 3.63) is 23.4 Å². The van der Waals surface area contributed by atoms with E-state index in [0.29, 0.717) is 10.8 Å². The summed E-state index contributed by atoms with van der Waals surface area (Å²) in [6.45, 7) is 5.50. The summed E-state index contributed by atoms with van der Waals surface area (Å²) < 4.78 is 0. The molecule has 0 saturated carbocycles. The summed E-state index contributed by atoms with van der Waals surface area (Å²) in [6.07, 6.45) is 1.61. The van der Waals surface area contributed by atoms with Crippen molar-refractivity contribution in [3.63, 3.8) is 0 Å². The van der Waals surface area contributed by atoms with Crippen LogP contribution in [-0.4, -0.2) is 48.0 Å². The number of piperazine rings is 1. The number of carbonyl (C=O) groups is 1. The van der Waals surface area contributed by atoms with Crippen LogP contribution in [0, 0.1) is 0 Å². The predicted octanol–water partition coefficient (Wildman–Crippen LogP) is 0.967. The van der Waals surface area contributed by atoms with E-state index in [4.69, 9.17) is 11.6 Å². The van der Waals surface area contributed by atoms with E-state index >= 15 is 0 Å². The molecule has 0 aromatic carbocycles. The Morgan fingerprint density at radius 1 is 1.56 bits per heavy atom. The Morgan fingerprint density at radius 3 is 2.94 bits per heavy atom. The highest BCUT2D eigenvalue weighted by Gasteiger charge is 2.23. The van der Waals surface area contributed by atoms with Gasteiger partial charge in [0.2, 0.25) is 5.91 Å². The van der Waals surface area contributed by atoms with Crippen LogP contribution in [0.2, 0.25) is 5.02 Å². The second-order valence-electron chi connectivity index (χ2n) is 4.29. The fourth-order valence-corrected chi connectivity index (χ4v) is 2.10. The summed E-state index contributed by atoms with van der Waals surface area (Å²) in [6, 6.07) is 3.27. The number of halogens is 1. The zero-order valence-electron chi connectivity index (χ0n) is 10.3. The molecule has 98 valence electrons. The molecule has 0 spiro atoms. The zero-order chi connectivity index (χ0) is 13.0. The van der Waals surface area contributed by atoms with Gasteiger partial charge in [-0.15, -0.1) is 0 Å². The highest BCUT2D eigenvalue weighted by atomic mass is 35.5. The summed E-state index contributed by atoms with van der Waals surface area (Å²) in [5, 5.41) is 6.48. The fraction of sp³-hybridized carbons (Fsp3) is 0.500. The number of carbonyl (C=O) groups excluding carboxylic acids is 1. The third-order valence-electron chi connectivity index (χ3n) is 3.08. The highest BCUT2D eigenvalue weighted by molar-refractivity contribution is 6.33. The molecule has 1 aromatic heterocycles. The number of aromatic nitrogens is 1. The standard InChI is InChI=1S/C12H17ClN4O/c1-9(17-7-5-14-6-8-17)12(18)16-11-10(13)3-2-4-15-11/h2-4,9,14H,5-8H2,1H3,(H,15,16,18). The van der Waals surface area contributed by atoms with E-state index in [1.807, 2.05) is 6.92 Å². The maximum atomic E-state index is 12.1. The van der Waals surface area contributed by atoms with Crippen LogP contribution in [0.5, 0.6) is 0 Å². The monoisotopic (exact) mass is 268 g/mol. The predicted molar refractivity (Wildman–Crippen MR) is 71.8 cm³/mol. The Kier molecular flexibility index (Phi) is 4.52. The normalized spacial score (nSPS) is 18.3. The lowest BCUT2D eigenvalue weighted by Gasteiger charge is -2.31. The van der Waals surface area contributed by atoms with Crippen LogP contribution in [0.1, 0.15) is 6.92 Å². The molecule has 1 amide bonds. The van der Waals surface area contributed by atoms with Gasteiger partial charge in [-0.05, 0) is 19.1 Å². The molecule has 1 fully saturated rings. The molecule has 1 aliphatic heterocycles. The Bertz CT molecular complexity index is 420. The molecule has 2 rings (SSSR count). The van der Waals surface area contributed by atoms with Gasteiger partial charge >= 0.3 is 0 Å². The van der Waals surface area contributed by atoms with E-state index < -0.39 is 0 Å². The fourth-order valence-electron chi connectivity index (χ4n) is 1.93. The summed E-state index contributed by atoms with van der Waals surface area (Å²) in [4.78, 5) is 18.3. The van der Waals surface area contributed by atoms with Crippen LogP contribution in [0.25, 0.3) is 0 Å². The van der Waals surface area contributed by atoms with Crippen molar-refractivity contribution < 1.29 is 4.79 Å². The zero-order valence-corrected chi connectivity index (χ0v) is 11.1. The number of nitrogens with one attached hydrogen (secondary N) is 2. The lowest BCUT2D eigenvalue weighted by Crippen LogP contribution is -2.51. The minimum Gasteiger partial charge on any atom is -0.314 e. The molecule has 2 N–H and O–H groups in total. The smallest absolute Gasteiger partial charge is 0.242 e. The highest BCUT2D eigenvalue weighted by Crippen LogP contribution is 2.18. The molecule has 1 aliphatic rings. The van der Waals surface area contributed by atoms with Gasteiger partial charge in [0.05, 0.1) is 11.1 Å². The van der Waals surface area contributed by atoms with Crippen LogP contribution in [0.15, 0.2) is 18.3 Å². The maximum Gasteiger partial charge on any atom is 0.242 e. The summed E-state index contributed by atoms with van der Waals surface area (Å²) >= 11 is 5.96. The van der Waals surface area contributed by atoms with Gasteiger partial charge < -0.3 is 10.6 Å². The molecule has 1 atom stereocenters. The Balaban J connectivity index is 1.97. The first-order valence-corrected chi connectivity index (χ1v) is 6.42.